The van der Waals surface area contributed by atoms with Crippen molar-refractivity contribution < 1.29 is 13.7 Å². The van der Waals surface area contributed by atoms with Crippen LogP contribution in [-0.4, -0.2) is 25.6 Å². The predicted octanol–water partition coefficient (Wildman–Crippen LogP) is 2.02. The fourth-order valence-corrected chi connectivity index (χ4v) is 1.94. The minimum absolute atomic E-state index is 0.0972. The number of rotatable bonds is 6. The molecule has 0 atom stereocenters. The molecule has 0 saturated carbocycles. The number of imidazole rings is 1. The van der Waals surface area contributed by atoms with E-state index < -0.39 is 0 Å². The Morgan fingerprint density at radius 3 is 3.09 bits per heavy atom. The first-order valence-electron chi connectivity index (χ1n) is 6.86. The Morgan fingerprint density at radius 2 is 2.36 bits per heavy atom. The number of aryl methyl sites for hydroxylation is 2. The van der Waals surface area contributed by atoms with Gasteiger partial charge in [0.1, 0.15) is 0 Å². The summed E-state index contributed by atoms with van der Waals surface area (Å²) in [5, 5.41) is 6.57. The van der Waals surface area contributed by atoms with E-state index in [1.807, 2.05) is 7.05 Å². The van der Waals surface area contributed by atoms with Gasteiger partial charge < -0.3 is 13.5 Å². The molecule has 0 aliphatic heterocycles. The first kappa shape index (κ1) is 14.1. The second-order valence-electron chi connectivity index (χ2n) is 4.75. The molecule has 114 valence electrons. The molecule has 0 saturated heterocycles. The number of anilines is 1. The summed E-state index contributed by atoms with van der Waals surface area (Å²) in [7, 11) is 1.82. The quantitative estimate of drug-likeness (QED) is 0.747. The van der Waals surface area contributed by atoms with Crippen molar-refractivity contribution in [3.8, 4) is 11.6 Å². The van der Waals surface area contributed by atoms with Crippen molar-refractivity contribution in [2.45, 2.75) is 19.3 Å². The first-order chi connectivity index (χ1) is 10.7. The van der Waals surface area contributed by atoms with E-state index in [2.05, 4.69) is 20.4 Å². The van der Waals surface area contributed by atoms with Crippen LogP contribution < -0.4 is 5.32 Å². The summed E-state index contributed by atoms with van der Waals surface area (Å²) >= 11 is 0. The van der Waals surface area contributed by atoms with E-state index in [9.17, 15) is 4.79 Å². The smallest absolute Gasteiger partial charge is 0.238 e. The third-order valence-corrected chi connectivity index (χ3v) is 3.08. The molecular weight excluding hydrogens is 286 g/mol. The molecule has 0 aliphatic carbocycles. The highest BCUT2D eigenvalue weighted by Crippen LogP contribution is 2.16. The van der Waals surface area contributed by atoms with Gasteiger partial charge in [0.25, 0.3) is 0 Å². The monoisotopic (exact) mass is 301 g/mol. The minimum atomic E-state index is -0.0972. The van der Waals surface area contributed by atoms with Crippen molar-refractivity contribution in [3.63, 3.8) is 0 Å². The molecule has 3 heterocycles. The number of amides is 1. The largest absolute Gasteiger partial charge is 0.461 e. The Hall–Kier alpha value is -2.90. The molecular formula is C14H15N5O3. The highest BCUT2D eigenvalue weighted by molar-refractivity contribution is 5.88. The van der Waals surface area contributed by atoms with E-state index in [1.54, 1.807) is 35.4 Å². The number of furan rings is 1. The average molecular weight is 301 g/mol. The number of carbonyl (C=O) groups is 1. The summed E-state index contributed by atoms with van der Waals surface area (Å²) in [4.78, 5) is 20.1. The maximum atomic E-state index is 11.8. The molecule has 0 bridgehead atoms. The molecule has 8 nitrogen and oxygen atoms in total. The number of carbonyl (C=O) groups excluding carboxylic acids is 1. The maximum absolute atomic E-state index is 11.8. The number of hydrogen-bond donors (Lipinski definition) is 1. The summed E-state index contributed by atoms with van der Waals surface area (Å²) in [6.45, 7) is 0. The molecule has 3 rings (SSSR count). The van der Waals surface area contributed by atoms with Gasteiger partial charge in [0, 0.05) is 32.3 Å². The maximum Gasteiger partial charge on any atom is 0.238 e. The zero-order valence-electron chi connectivity index (χ0n) is 12.0. The Balaban J connectivity index is 1.47. The van der Waals surface area contributed by atoms with Crippen molar-refractivity contribution in [2.24, 2.45) is 7.05 Å². The summed E-state index contributed by atoms with van der Waals surface area (Å²) in [5.74, 6) is 1.89. The van der Waals surface area contributed by atoms with Gasteiger partial charge in [-0.25, -0.2) is 4.98 Å². The second kappa shape index (κ2) is 6.25. The van der Waals surface area contributed by atoms with Crippen molar-refractivity contribution in [1.29, 1.82) is 0 Å². The van der Waals surface area contributed by atoms with Gasteiger partial charge in [-0.3, -0.25) is 10.1 Å². The van der Waals surface area contributed by atoms with E-state index >= 15 is 0 Å². The van der Waals surface area contributed by atoms with Gasteiger partial charge >= 0.3 is 0 Å². The zero-order valence-corrected chi connectivity index (χ0v) is 12.0. The Kier molecular flexibility index (Phi) is 3.99. The van der Waals surface area contributed by atoms with Crippen molar-refractivity contribution >= 4 is 11.9 Å². The van der Waals surface area contributed by atoms with E-state index in [-0.39, 0.29) is 5.91 Å². The van der Waals surface area contributed by atoms with Crippen LogP contribution in [0.4, 0.5) is 5.95 Å². The topological polar surface area (TPSA) is 99.0 Å². The van der Waals surface area contributed by atoms with E-state index in [1.165, 1.54) is 0 Å². The Labute approximate surface area is 126 Å². The molecule has 0 fully saturated rings. The lowest BCUT2D eigenvalue weighted by Gasteiger charge is -2.03. The van der Waals surface area contributed by atoms with Gasteiger partial charge in [-0.05, 0) is 18.6 Å². The third-order valence-electron chi connectivity index (χ3n) is 3.08. The fourth-order valence-electron chi connectivity index (χ4n) is 1.94. The summed E-state index contributed by atoms with van der Waals surface area (Å²) in [5.41, 5.74) is 0. The van der Waals surface area contributed by atoms with E-state index in [4.69, 9.17) is 8.94 Å². The molecule has 0 aliphatic rings. The van der Waals surface area contributed by atoms with E-state index in [0.717, 1.165) is 0 Å². The molecule has 3 aromatic rings. The Bertz CT molecular complexity index is 744. The molecule has 22 heavy (non-hydrogen) atoms. The van der Waals surface area contributed by atoms with Crippen molar-refractivity contribution in [3.05, 3.63) is 36.7 Å². The van der Waals surface area contributed by atoms with Crippen LogP contribution in [0.25, 0.3) is 11.6 Å². The highest BCUT2D eigenvalue weighted by atomic mass is 16.5. The van der Waals surface area contributed by atoms with Crippen molar-refractivity contribution in [1.82, 2.24) is 19.7 Å². The highest BCUT2D eigenvalue weighted by Gasteiger charge is 2.11. The molecule has 1 N–H and O–H groups in total. The predicted molar refractivity (Wildman–Crippen MR) is 76.8 cm³/mol. The molecule has 8 heteroatoms. The van der Waals surface area contributed by atoms with Crippen LogP contribution in [0.2, 0.25) is 0 Å². The first-order valence-corrected chi connectivity index (χ1v) is 6.86. The van der Waals surface area contributed by atoms with Gasteiger partial charge in [0.05, 0.1) is 6.26 Å². The second-order valence-corrected chi connectivity index (χ2v) is 4.75. The van der Waals surface area contributed by atoms with Gasteiger partial charge in [0.2, 0.25) is 23.6 Å². The lowest BCUT2D eigenvalue weighted by Crippen LogP contribution is -2.14. The van der Waals surface area contributed by atoms with E-state index in [0.29, 0.717) is 42.7 Å². The number of hydrogen-bond acceptors (Lipinski definition) is 6. The summed E-state index contributed by atoms with van der Waals surface area (Å²) in [6.07, 6.45) is 6.44. The molecule has 0 unspecified atom stereocenters. The van der Waals surface area contributed by atoms with Crippen LogP contribution in [0.1, 0.15) is 18.7 Å². The number of aromatic nitrogens is 4. The van der Waals surface area contributed by atoms with Gasteiger partial charge in [-0.1, -0.05) is 5.16 Å². The van der Waals surface area contributed by atoms with Crippen LogP contribution in [-0.2, 0) is 18.3 Å². The molecule has 0 radical (unpaired) electrons. The zero-order chi connectivity index (χ0) is 15.4. The van der Waals surface area contributed by atoms with Crippen molar-refractivity contribution in [2.75, 3.05) is 5.32 Å². The van der Waals surface area contributed by atoms with Gasteiger partial charge in [0.15, 0.2) is 5.76 Å². The number of nitrogens with one attached hydrogen (secondary N) is 1. The third kappa shape index (κ3) is 3.22. The molecule has 1 amide bonds. The standard InChI is InChI=1S/C14H15N5O3/c1-19-8-7-15-14(19)16-11(20)5-2-6-12-17-13(18-22-12)10-4-3-9-21-10/h3-4,7-9H,2,5-6H2,1H3,(H,15,16,20). The van der Waals surface area contributed by atoms with Crippen LogP contribution in [0, 0.1) is 0 Å². The lowest BCUT2D eigenvalue weighted by molar-refractivity contribution is -0.116. The normalized spacial score (nSPS) is 10.8. The lowest BCUT2D eigenvalue weighted by atomic mass is 10.2. The Morgan fingerprint density at radius 1 is 1.45 bits per heavy atom. The minimum Gasteiger partial charge on any atom is -0.461 e. The molecule has 3 aromatic heterocycles. The molecule has 0 spiro atoms. The summed E-state index contributed by atoms with van der Waals surface area (Å²) < 4.78 is 12.1. The fraction of sp³-hybridized carbons (Fsp3) is 0.286. The average Bonchev–Trinajstić information content (AvgIpc) is 3.21. The van der Waals surface area contributed by atoms with Crippen LogP contribution in [0.15, 0.2) is 39.7 Å². The van der Waals surface area contributed by atoms with Crippen LogP contribution >= 0.6 is 0 Å². The molecule has 0 aromatic carbocycles. The van der Waals surface area contributed by atoms with Crippen LogP contribution in [0.3, 0.4) is 0 Å². The van der Waals surface area contributed by atoms with Crippen LogP contribution in [0.5, 0.6) is 0 Å². The number of nitrogens with zero attached hydrogens (tertiary/aromatic N) is 4. The van der Waals surface area contributed by atoms with Gasteiger partial charge in [-0.15, -0.1) is 0 Å². The summed E-state index contributed by atoms with van der Waals surface area (Å²) in [6, 6.07) is 3.52. The SMILES string of the molecule is Cn1ccnc1NC(=O)CCCc1nc(-c2ccco2)no1. The van der Waals surface area contributed by atoms with Gasteiger partial charge in [-0.2, -0.15) is 4.98 Å².